The van der Waals surface area contributed by atoms with Gasteiger partial charge in [-0.15, -0.1) is 0 Å². The molecule has 1 aliphatic rings. The van der Waals surface area contributed by atoms with E-state index in [1.54, 1.807) is 12.1 Å². The second-order valence-electron chi connectivity index (χ2n) is 9.71. The molecule has 172 valence electrons. The molecule has 1 N–H and O–H groups in total. The molecule has 0 spiro atoms. The molecule has 1 aliphatic heterocycles. The van der Waals surface area contributed by atoms with Gasteiger partial charge in [-0.05, 0) is 33.5 Å². The normalized spacial score (nSPS) is 21.6. The van der Waals surface area contributed by atoms with Crippen molar-refractivity contribution in [1.29, 1.82) is 0 Å². The second kappa shape index (κ2) is 9.78. The molecule has 3 nitrogen and oxygen atoms in total. The molecule has 0 amide bonds. The minimum Gasteiger partial charge on any atom is -0.405 e. The largest absolute Gasteiger partial charge is 0.405 e. The Morgan fingerprint density at radius 3 is 2.03 bits per heavy atom. The Balaban J connectivity index is 1.69. The van der Waals surface area contributed by atoms with E-state index in [9.17, 15) is 5.11 Å². The van der Waals surface area contributed by atoms with Crippen molar-refractivity contribution in [3.8, 4) is 0 Å². The Morgan fingerprint density at radius 1 is 0.909 bits per heavy atom. The van der Waals surface area contributed by atoms with E-state index in [1.807, 2.05) is 37.3 Å². The lowest BCUT2D eigenvalue weighted by molar-refractivity contribution is -0.0776. The van der Waals surface area contributed by atoms with Crippen LogP contribution in [0.2, 0.25) is 5.04 Å². The maximum atomic E-state index is 10.8. The van der Waals surface area contributed by atoms with Gasteiger partial charge in [0.15, 0.2) is 0 Å². The van der Waals surface area contributed by atoms with Gasteiger partial charge >= 0.3 is 0 Å². The number of ether oxygens (including phenoxy) is 1. The first kappa shape index (κ1) is 22.3. The Bertz CT molecular complexity index is 1070. The number of rotatable bonds is 6. The van der Waals surface area contributed by atoms with Crippen LogP contribution in [-0.2, 0) is 9.16 Å². The summed E-state index contributed by atoms with van der Waals surface area (Å²) in [6.07, 6.45) is 1.94. The maximum absolute atomic E-state index is 10.8. The molecule has 4 heteroatoms. The summed E-state index contributed by atoms with van der Waals surface area (Å²) in [5.41, 5.74) is 1.84. The van der Waals surface area contributed by atoms with Crippen molar-refractivity contribution in [2.45, 2.75) is 51.0 Å². The van der Waals surface area contributed by atoms with Gasteiger partial charge in [-0.1, -0.05) is 118 Å². The van der Waals surface area contributed by atoms with Crippen LogP contribution < -0.4 is 10.4 Å². The molecule has 0 unspecified atom stereocenters. The first-order chi connectivity index (χ1) is 16.2. The van der Waals surface area contributed by atoms with Crippen molar-refractivity contribution in [2.75, 3.05) is 6.61 Å². The highest BCUT2D eigenvalue weighted by atomic mass is 28.4. The molecule has 3 aromatic rings. The minimum absolute atomic E-state index is 0.158. The van der Waals surface area contributed by atoms with Crippen LogP contribution in [0.3, 0.4) is 0 Å². The lowest BCUT2D eigenvalue weighted by atomic mass is 9.99. The molecule has 3 aromatic carbocycles. The molecular formula is C29H34O3Si. The van der Waals surface area contributed by atoms with Crippen molar-refractivity contribution in [1.82, 2.24) is 0 Å². The summed E-state index contributed by atoms with van der Waals surface area (Å²) in [4.78, 5) is 0. The molecule has 0 fully saturated rings. The predicted molar refractivity (Wildman–Crippen MR) is 138 cm³/mol. The van der Waals surface area contributed by atoms with Crippen molar-refractivity contribution in [3.63, 3.8) is 0 Å². The average Bonchev–Trinajstić information content (AvgIpc) is 2.81. The lowest BCUT2D eigenvalue weighted by Gasteiger charge is -2.44. The number of aliphatic hydroxyl groups is 1. The van der Waals surface area contributed by atoms with Crippen LogP contribution in [-0.4, -0.2) is 32.2 Å². The van der Waals surface area contributed by atoms with Crippen molar-refractivity contribution in [2.24, 2.45) is 0 Å². The fourth-order valence-electron chi connectivity index (χ4n) is 4.76. The van der Waals surface area contributed by atoms with E-state index in [2.05, 4.69) is 69.3 Å². The standard InChI is InChI=1S/C29H34O3Si/c1-22-13-11-12-18-25(22)27-20-19-26(30)28(32-27)21-31-33(29(2,3)4,23-14-7-5-8-15-23)24-16-9-6-10-17-24/h5-20,26-28,30H,21H2,1-4H3/t26-,27+,28-/m1/s1/i18D. The number of benzene rings is 3. The Labute approximate surface area is 200 Å². The molecule has 3 atom stereocenters. The van der Waals surface area contributed by atoms with Crippen LogP contribution in [0, 0.1) is 6.92 Å². The summed E-state index contributed by atoms with van der Waals surface area (Å²) in [6.45, 7) is 8.96. The summed E-state index contributed by atoms with van der Waals surface area (Å²) in [5, 5.41) is 13.0. The van der Waals surface area contributed by atoms with Crippen LogP contribution in [0.5, 0.6) is 0 Å². The van der Waals surface area contributed by atoms with Crippen LogP contribution in [0.1, 0.15) is 39.4 Å². The third kappa shape index (κ3) is 4.75. The minimum atomic E-state index is -2.74. The average molecular weight is 460 g/mol. The van der Waals surface area contributed by atoms with E-state index in [4.69, 9.17) is 10.5 Å². The zero-order valence-corrected chi connectivity index (χ0v) is 20.9. The van der Waals surface area contributed by atoms with Gasteiger partial charge in [0.1, 0.15) is 18.3 Å². The summed E-state index contributed by atoms with van der Waals surface area (Å²) < 4.78 is 21.7. The summed E-state index contributed by atoms with van der Waals surface area (Å²) in [7, 11) is -2.74. The highest BCUT2D eigenvalue weighted by molar-refractivity contribution is 6.99. The van der Waals surface area contributed by atoms with E-state index in [0.717, 1.165) is 11.1 Å². The SMILES string of the molecule is [2H]c1cccc(C)c1[C@@H]1C=C[C@@H](O)[C@@H](CO[Si](c2ccccc2)(c2ccccc2)C(C)(C)C)O1. The smallest absolute Gasteiger partial charge is 0.261 e. The van der Waals surface area contributed by atoms with Gasteiger partial charge in [0.2, 0.25) is 0 Å². The maximum Gasteiger partial charge on any atom is 0.261 e. The number of aryl methyl sites for hydroxylation is 1. The van der Waals surface area contributed by atoms with Gasteiger partial charge in [-0.25, -0.2) is 0 Å². The molecule has 0 saturated carbocycles. The van der Waals surface area contributed by atoms with Crippen LogP contribution >= 0.6 is 0 Å². The summed E-state index contributed by atoms with van der Waals surface area (Å²) in [5.74, 6) is 0. The van der Waals surface area contributed by atoms with Gasteiger partial charge in [-0.2, -0.15) is 0 Å². The van der Waals surface area contributed by atoms with Crippen molar-refractivity contribution < 1.29 is 15.6 Å². The zero-order chi connectivity index (χ0) is 24.3. The van der Waals surface area contributed by atoms with Gasteiger partial charge < -0.3 is 14.3 Å². The highest BCUT2D eigenvalue weighted by Gasteiger charge is 2.50. The second-order valence-corrected chi connectivity index (χ2v) is 14.0. The third-order valence-corrected chi connectivity index (χ3v) is 11.5. The molecule has 4 rings (SSSR count). The fraction of sp³-hybridized carbons (Fsp3) is 0.310. The topological polar surface area (TPSA) is 38.7 Å². The predicted octanol–water partition coefficient (Wildman–Crippen LogP) is 4.93. The molecule has 0 radical (unpaired) electrons. The van der Waals surface area contributed by atoms with E-state index in [0.29, 0.717) is 6.04 Å². The van der Waals surface area contributed by atoms with Crippen LogP contribution in [0.15, 0.2) is 97.1 Å². The third-order valence-electron chi connectivity index (χ3n) is 6.46. The molecular weight excluding hydrogens is 424 g/mol. The van der Waals surface area contributed by atoms with Crippen molar-refractivity contribution in [3.05, 3.63) is 108 Å². The molecule has 0 saturated heterocycles. The Kier molecular flexibility index (Phi) is 6.61. The number of hydrogen-bond acceptors (Lipinski definition) is 3. The van der Waals surface area contributed by atoms with Crippen LogP contribution in [0.25, 0.3) is 0 Å². The highest BCUT2D eigenvalue weighted by Crippen LogP contribution is 2.37. The van der Waals surface area contributed by atoms with Gasteiger partial charge in [0.25, 0.3) is 8.32 Å². The summed E-state index contributed by atoms with van der Waals surface area (Å²) in [6, 6.07) is 27.0. The van der Waals surface area contributed by atoms with E-state index in [-0.39, 0.29) is 17.7 Å². The zero-order valence-electron chi connectivity index (χ0n) is 20.9. The number of aliphatic hydroxyl groups excluding tert-OH is 1. The quantitative estimate of drug-likeness (QED) is 0.420. The molecule has 0 aliphatic carbocycles. The summed E-state index contributed by atoms with van der Waals surface area (Å²) >= 11 is 0. The molecule has 33 heavy (non-hydrogen) atoms. The molecule has 1 heterocycles. The van der Waals surface area contributed by atoms with E-state index < -0.39 is 20.5 Å². The molecule has 0 bridgehead atoms. The Hall–Kier alpha value is -2.50. The first-order valence-electron chi connectivity index (χ1n) is 12.1. The number of hydrogen-bond donors (Lipinski definition) is 1. The van der Waals surface area contributed by atoms with Gasteiger partial charge in [0, 0.05) is 0 Å². The van der Waals surface area contributed by atoms with Gasteiger partial charge in [0.05, 0.1) is 7.98 Å². The van der Waals surface area contributed by atoms with Gasteiger partial charge in [-0.3, -0.25) is 0 Å². The Morgan fingerprint density at radius 2 is 1.48 bits per heavy atom. The van der Waals surface area contributed by atoms with Crippen LogP contribution in [0.4, 0.5) is 0 Å². The van der Waals surface area contributed by atoms with E-state index >= 15 is 0 Å². The van der Waals surface area contributed by atoms with E-state index in [1.165, 1.54) is 10.4 Å². The fourth-order valence-corrected chi connectivity index (χ4v) is 9.33. The first-order valence-corrected chi connectivity index (χ1v) is 13.5. The monoisotopic (exact) mass is 459 g/mol. The van der Waals surface area contributed by atoms with Crippen molar-refractivity contribution >= 4 is 18.7 Å². The lowest BCUT2D eigenvalue weighted by Crippen LogP contribution is -2.67. The molecule has 0 aromatic heterocycles.